The van der Waals surface area contributed by atoms with Crippen molar-refractivity contribution < 1.29 is 4.74 Å². The largest absolute Gasteiger partial charge is 0.492 e. The zero-order valence-corrected chi connectivity index (χ0v) is 12.5. The van der Waals surface area contributed by atoms with E-state index in [1.54, 1.807) is 0 Å². The van der Waals surface area contributed by atoms with Gasteiger partial charge >= 0.3 is 0 Å². The third-order valence-corrected chi connectivity index (χ3v) is 3.48. The van der Waals surface area contributed by atoms with Crippen molar-refractivity contribution in [2.75, 3.05) is 27.2 Å². The number of hydrogen-bond donors (Lipinski definition) is 0. The fourth-order valence-corrected chi connectivity index (χ4v) is 2.23. The van der Waals surface area contributed by atoms with Gasteiger partial charge in [0.1, 0.15) is 12.4 Å². The van der Waals surface area contributed by atoms with Gasteiger partial charge in [0.25, 0.3) is 0 Å². The highest BCUT2D eigenvalue weighted by Crippen LogP contribution is 2.31. The Morgan fingerprint density at radius 2 is 1.60 bits per heavy atom. The first-order valence-electron chi connectivity index (χ1n) is 7.10. The topological polar surface area (TPSA) is 12.5 Å². The Labute approximate surface area is 122 Å². The maximum atomic E-state index is 5.95. The maximum absolute atomic E-state index is 5.95. The van der Waals surface area contributed by atoms with Crippen LogP contribution in [0.15, 0.2) is 54.6 Å². The highest BCUT2D eigenvalue weighted by Gasteiger charge is 2.13. The van der Waals surface area contributed by atoms with Crippen LogP contribution in [0.5, 0.6) is 5.75 Å². The lowest BCUT2D eigenvalue weighted by Gasteiger charge is -2.18. The predicted molar refractivity (Wildman–Crippen MR) is 84.5 cm³/mol. The number of ether oxygens (including phenoxy) is 1. The van der Waals surface area contributed by atoms with Crippen molar-refractivity contribution in [3.05, 3.63) is 65.7 Å². The van der Waals surface area contributed by atoms with Gasteiger partial charge in [0, 0.05) is 18.0 Å². The van der Waals surface area contributed by atoms with Gasteiger partial charge in [-0.15, -0.1) is 0 Å². The van der Waals surface area contributed by atoms with Crippen molar-refractivity contribution >= 4 is 0 Å². The summed E-state index contributed by atoms with van der Waals surface area (Å²) in [5.74, 6) is 1.33. The van der Waals surface area contributed by atoms with Crippen molar-refractivity contribution in [3.63, 3.8) is 0 Å². The summed E-state index contributed by atoms with van der Waals surface area (Å²) in [7, 11) is 4.11. The van der Waals surface area contributed by atoms with Gasteiger partial charge in [-0.1, -0.05) is 55.5 Å². The van der Waals surface area contributed by atoms with Crippen molar-refractivity contribution in [3.8, 4) is 5.75 Å². The number of rotatable bonds is 6. The lowest BCUT2D eigenvalue weighted by atomic mass is 9.92. The van der Waals surface area contributed by atoms with E-state index < -0.39 is 0 Å². The van der Waals surface area contributed by atoms with E-state index in [2.05, 4.69) is 74.4 Å². The van der Waals surface area contributed by atoms with E-state index in [1.165, 1.54) is 11.1 Å². The molecule has 0 unspecified atom stereocenters. The lowest BCUT2D eigenvalue weighted by molar-refractivity contribution is 0.259. The Morgan fingerprint density at radius 3 is 2.30 bits per heavy atom. The molecule has 0 radical (unpaired) electrons. The second-order valence-corrected chi connectivity index (χ2v) is 5.32. The fraction of sp³-hybridized carbons (Fsp3) is 0.333. The van der Waals surface area contributed by atoms with E-state index in [-0.39, 0.29) is 0 Å². The summed E-state index contributed by atoms with van der Waals surface area (Å²) in [6, 6.07) is 18.9. The normalized spacial score (nSPS) is 12.4. The average molecular weight is 269 g/mol. The van der Waals surface area contributed by atoms with Gasteiger partial charge in [-0.25, -0.2) is 0 Å². The molecule has 0 aliphatic rings. The van der Waals surface area contributed by atoms with E-state index in [0.29, 0.717) is 12.5 Å². The number of nitrogens with zero attached hydrogens (tertiary/aromatic N) is 1. The molecule has 0 aliphatic heterocycles. The molecule has 2 heteroatoms. The first kappa shape index (κ1) is 14.6. The van der Waals surface area contributed by atoms with E-state index in [1.807, 2.05) is 6.07 Å². The minimum absolute atomic E-state index is 0.340. The smallest absolute Gasteiger partial charge is 0.123 e. The molecule has 0 fully saturated rings. The number of para-hydroxylation sites is 1. The molecule has 2 nitrogen and oxygen atoms in total. The minimum Gasteiger partial charge on any atom is -0.492 e. The number of likely N-dealkylation sites (N-methyl/N-ethyl adjacent to an activating group) is 1. The van der Waals surface area contributed by atoms with E-state index in [0.717, 1.165) is 12.3 Å². The molecule has 20 heavy (non-hydrogen) atoms. The van der Waals surface area contributed by atoms with Gasteiger partial charge in [0.15, 0.2) is 0 Å². The highest BCUT2D eigenvalue weighted by atomic mass is 16.5. The predicted octanol–water partition coefficient (Wildman–Crippen LogP) is 3.78. The molecule has 0 saturated heterocycles. The Morgan fingerprint density at radius 1 is 0.950 bits per heavy atom. The van der Waals surface area contributed by atoms with Crippen LogP contribution in [0, 0.1) is 0 Å². The van der Waals surface area contributed by atoms with Crippen molar-refractivity contribution in [2.24, 2.45) is 0 Å². The molecular formula is C18H23NO. The molecule has 0 spiro atoms. The van der Waals surface area contributed by atoms with Gasteiger partial charge < -0.3 is 9.64 Å². The lowest BCUT2D eigenvalue weighted by Crippen LogP contribution is -2.19. The maximum Gasteiger partial charge on any atom is 0.123 e. The third-order valence-electron chi connectivity index (χ3n) is 3.48. The summed E-state index contributed by atoms with van der Waals surface area (Å²) in [6.07, 6.45) is 0. The highest BCUT2D eigenvalue weighted by molar-refractivity contribution is 5.41. The Hall–Kier alpha value is -1.80. The summed E-state index contributed by atoms with van der Waals surface area (Å²) < 4.78 is 5.95. The molecule has 0 saturated carbocycles. The molecule has 0 aliphatic carbocycles. The molecule has 1 atom stereocenters. The minimum atomic E-state index is 0.340. The van der Waals surface area contributed by atoms with Crippen LogP contribution in [0.4, 0.5) is 0 Å². The standard InChI is InChI=1S/C18H23NO/c1-15(16-9-5-4-6-10-16)17-11-7-8-12-18(17)20-14-13-19(2)3/h4-12,15H,13-14H2,1-3H3/t15-/m1/s1. The Balaban J connectivity index is 2.15. The second kappa shape index (κ2) is 7.11. The zero-order chi connectivity index (χ0) is 14.4. The van der Waals surface area contributed by atoms with Gasteiger partial charge in [0.05, 0.1) is 0 Å². The van der Waals surface area contributed by atoms with Crippen LogP contribution < -0.4 is 4.74 Å². The van der Waals surface area contributed by atoms with Gasteiger partial charge in [-0.2, -0.15) is 0 Å². The summed E-state index contributed by atoms with van der Waals surface area (Å²) >= 11 is 0. The SMILES string of the molecule is C[C@H](c1ccccc1)c1ccccc1OCCN(C)C. The molecule has 0 aromatic heterocycles. The van der Waals surface area contributed by atoms with Crippen LogP contribution in [-0.4, -0.2) is 32.1 Å². The molecule has 106 valence electrons. The number of benzene rings is 2. The fourth-order valence-electron chi connectivity index (χ4n) is 2.23. The summed E-state index contributed by atoms with van der Waals surface area (Å²) in [4.78, 5) is 2.13. The summed E-state index contributed by atoms with van der Waals surface area (Å²) in [6.45, 7) is 3.86. The molecule has 0 N–H and O–H groups in total. The monoisotopic (exact) mass is 269 g/mol. The van der Waals surface area contributed by atoms with Gasteiger partial charge in [0.2, 0.25) is 0 Å². The number of hydrogen-bond acceptors (Lipinski definition) is 2. The first-order chi connectivity index (χ1) is 9.68. The summed E-state index contributed by atoms with van der Waals surface area (Å²) in [5, 5.41) is 0. The zero-order valence-electron chi connectivity index (χ0n) is 12.5. The average Bonchev–Trinajstić information content (AvgIpc) is 2.47. The Bertz CT molecular complexity index is 522. The molecule has 2 rings (SSSR count). The van der Waals surface area contributed by atoms with E-state index >= 15 is 0 Å². The molecule has 0 bridgehead atoms. The molecule has 2 aromatic carbocycles. The van der Waals surface area contributed by atoms with Gasteiger partial charge in [-0.3, -0.25) is 0 Å². The van der Waals surface area contributed by atoms with Crippen molar-refractivity contribution in [2.45, 2.75) is 12.8 Å². The molecule has 0 amide bonds. The van der Waals surface area contributed by atoms with Crippen LogP contribution in [0.3, 0.4) is 0 Å². The van der Waals surface area contributed by atoms with Crippen LogP contribution >= 0.6 is 0 Å². The van der Waals surface area contributed by atoms with Crippen molar-refractivity contribution in [1.29, 1.82) is 0 Å². The summed E-state index contributed by atoms with van der Waals surface area (Å²) in [5.41, 5.74) is 2.56. The van der Waals surface area contributed by atoms with Crippen LogP contribution in [-0.2, 0) is 0 Å². The van der Waals surface area contributed by atoms with Crippen LogP contribution in [0.25, 0.3) is 0 Å². The van der Waals surface area contributed by atoms with E-state index in [9.17, 15) is 0 Å². The van der Waals surface area contributed by atoms with Crippen molar-refractivity contribution in [1.82, 2.24) is 4.90 Å². The first-order valence-corrected chi connectivity index (χ1v) is 7.10. The van der Waals surface area contributed by atoms with Gasteiger partial charge in [-0.05, 0) is 25.7 Å². The van der Waals surface area contributed by atoms with Crippen LogP contribution in [0.1, 0.15) is 24.0 Å². The Kier molecular flexibility index (Phi) is 5.19. The molecular weight excluding hydrogens is 246 g/mol. The molecule has 2 aromatic rings. The van der Waals surface area contributed by atoms with Crippen LogP contribution in [0.2, 0.25) is 0 Å². The third kappa shape index (κ3) is 3.84. The quantitative estimate of drug-likeness (QED) is 0.791. The second-order valence-electron chi connectivity index (χ2n) is 5.32. The molecule has 0 heterocycles. The van der Waals surface area contributed by atoms with E-state index in [4.69, 9.17) is 4.74 Å².